The zero-order valence-electron chi connectivity index (χ0n) is 12.0. The second-order valence-electron chi connectivity index (χ2n) is 4.65. The van der Waals surface area contributed by atoms with Gasteiger partial charge in [0.25, 0.3) is 0 Å². The van der Waals surface area contributed by atoms with Gasteiger partial charge in [-0.15, -0.1) is 0 Å². The van der Waals surface area contributed by atoms with Crippen LogP contribution in [0.1, 0.15) is 0 Å². The number of rotatable bonds is 6. The highest BCUT2D eigenvalue weighted by Crippen LogP contribution is 2.38. The Morgan fingerprint density at radius 3 is 1.41 bits per heavy atom. The first-order valence-electron chi connectivity index (χ1n) is 7.07. The van der Waals surface area contributed by atoms with Crippen LogP contribution in [-0.4, -0.2) is 0 Å². The van der Waals surface area contributed by atoms with E-state index in [0.717, 1.165) is 17.1 Å². The number of anilines is 2. The van der Waals surface area contributed by atoms with Crippen molar-refractivity contribution in [2.24, 2.45) is 0 Å². The van der Waals surface area contributed by atoms with Crippen LogP contribution in [0.5, 0.6) is 5.75 Å². The lowest BCUT2D eigenvalue weighted by Gasteiger charge is -2.21. The first-order chi connectivity index (χ1) is 10.9. The Balaban J connectivity index is 1.75. The Morgan fingerprint density at radius 1 is 0.545 bits per heavy atom. The van der Waals surface area contributed by atoms with Gasteiger partial charge in [0.2, 0.25) is 0 Å². The summed E-state index contributed by atoms with van der Waals surface area (Å²) in [6.45, 7) is 0. The number of benzene rings is 3. The summed E-state index contributed by atoms with van der Waals surface area (Å²) in [6.07, 6.45) is 0. The van der Waals surface area contributed by atoms with Gasteiger partial charge in [-0.1, -0.05) is 54.6 Å². The summed E-state index contributed by atoms with van der Waals surface area (Å²) in [5.41, 5.74) is 2.04. The van der Waals surface area contributed by atoms with E-state index >= 15 is 0 Å². The highest BCUT2D eigenvalue weighted by Gasteiger charge is 2.12. The van der Waals surface area contributed by atoms with Crippen LogP contribution in [0.2, 0.25) is 0 Å². The number of nitrogens with one attached hydrogen (secondary N) is 2. The molecule has 22 heavy (non-hydrogen) atoms. The van der Waals surface area contributed by atoms with Gasteiger partial charge in [0.1, 0.15) is 5.75 Å². The van der Waals surface area contributed by atoms with E-state index in [1.54, 1.807) is 0 Å². The Labute approximate surface area is 131 Å². The van der Waals surface area contributed by atoms with Crippen LogP contribution in [0.15, 0.2) is 91.0 Å². The largest absolute Gasteiger partial charge is 0.437 e. The fourth-order valence-electron chi connectivity index (χ4n) is 1.92. The van der Waals surface area contributed by atoms with Crippen molar-refractivity contribution in [1.29, 1.82) is 0 Å². The Hall–Kier alpha value is -2.51. The molecule has 0 spiro atoms. The van der Waals surface area contributed by atoms with Gasteiger partial charge in [-0.2, -0.15) is 0 Å². The minimum Gasteiger partial charge on any atom is -0.437 e. The van der Waals surface area contributed by atoms with Crippen molar-refractivity contribution < 1.29 is 4.52 Å². The lowest BCUT2D eigenvalue weighted by Crippen LogP contribution is -2.06. The zero-order valence-corrected chi connectivity index (χ0v) is 12.9. The van der Waals surface area contributed by atoms with Gasteiger partial charge < -0.3 is 14.7 Å². The molecule has 0 amide bonds. The molecule has 0 unspecified atom stereocenters. The summed E-state index contributed by atoms with van der Waals surface area (Å²) in [4.78, 5) is 0. The van der Waals surface area contributed by atoms with E-state index in [2.05, 4.69) is 10.2 Å². The fraction of sp³-hybridized carbons (Fsp3) is 0. The summed E-state index contributed by atoms with van der Waals surface area (Å²) in [5, 5.41) is 6.81. The smallest absolute Gasteiger partial charge is 0.304 e. The molecule has 0 aliphatic carbocycles. The van der Waals surface area contributed by atoms with Crippen molar-refractivity contribution in [2.45, 2.75) is 0 Å². The molecule has 0 aliphatic rings. The van der Waals surface area contributed by atoms with Crippen LogP contribution in [0.3, 0.4) is 0 Å². The van der Waals surface area contributed by atoms with Crippen molar-refractivity contribution in [2.75, 3.05) is 10.2 Å². The molecule has 3 aromatic rings. The summed E-state index contributed by atoms with van der Waals surface area (Å²) in [7, 11) is -1.09. The van der Waals surface area contributed by atoms with Gasteiger partial charge in [0.15, 0.2) is 0 Å². The van der Waals surface area contributed by atoms with Crippen LogP contribution in [0, 0.1) is 0 Å². The molecule has 3 nitrogen and oxygen atoms in total. The van der Waals surface area contributed by atoms with E-state index < -0.39 is 8.45 Å². The predicted octanol–water partition coefficient (Wildman–Crippen LogP) is 5.52. The molecule has 0 bridgehead atoms. The maximum absolute atomic E-state index is 6.06. The topological polar surface area (TPSA) is 33.3 Å². The van der Waals surface area contributed by atoms with Gasteiger partial charge in [-0.3, -0.25) is 0 Å². The molecular formula is C18H17N2OP. The third-order valence-electron chi connectivity index (χ3n) is 2.95. The van der Waals surface area contributed by atoms with E-state index in [-0.39, 0.29) is 0 Å². The van der Waals surface area contributed by atoms with Crippen LogP contribution >= 0.6 is 8.45 Å². The van der Waals surface area contributed by atoms with Gasteiger partial charge in [-0.05, 0) is 36.4 Å². The van der Waals surface area contributed by atoms with Crippen molar-refractivity contribution in [3.05, 3.63) is 91.0 Å². The molecule has 0 saturated carbocycles. The fourth-order valence-corrected chi connectivity index (χ4v) is 3.17. The summed E-state index contributed by atoms with van der Waals surface area (Å²) in [5.74, 6) is 0.834. The lowest BCUT2D eigenvalue weighted by atomic mass is 10.3. The maximum Gasteiger partial charge on any atom is 0.304 e. The highest BCUT2D eigenvalue weighted by molar-refractivity contribution is 7.56. The highest BCUT2D eigenvalue weighted by atomic mass is 31.2. The Kier molecular flexibility index (Phi) is 4.91. The minimum absolute atomic E-state index is 0.834. The molecule has 0 fully saturated rings. The molecule has 0 saturated heterocycles. The molecule has 0 atom stereocenters. The quantitative estimate of drug-likeness (QED) is 0.588. The summed E-state index contributed by atoms with van der Waals surface area (Å²) < 4.78 is 6.06. The van der Waals surface area contributed by atoms with Crippen molar-refractivity contribution >= 4 is 19.8 Å². The van der Waals surface area contributed by atoms with Crippen LogP contribution < -0.4 is 14.7 Å². The molecule has 3 aromatic carbocycles. The van der Waals surface area contributed by atoms with E-state index in [0.29, 0.717) is 0 Å². The van der Waals surface area contributed by atoms with Gasteiger partial charge in [0, 0.05) is 11.4 Å². The second kappa shape index (κ2) is 7.48. The van der Waals surface area contributed by atoms with Crippen LogP contribution in [0.4, 0.5) is 11.4 Å². The monoisotopic (exact) mass is 308 g/mol. The third kappa shape index (κ3) is 4.24. The molecular weight excluding hydrogens is 291 g/mol. The average molecular weight is 308 g/mol. The van der Waals surface area contributed by atoms with Crippen LogP contribution in [-0.2, 0) is 0 Å². The van der Waals surface area contributed by atoms with E-state index in [1.807, 2.05) is 91.0 Å². The van der Waals surface area contributed by atoms with Gasteiger partial charge in [-0.25, -0.2) is 0 Å². The van der Waals surface area contributed by atoms with Gasteiger partial charge in [0.05, 0.1) is 0 Å². The SMILES string of the molecule is c1ccc(NP(Nc2ccccc2)Oc2ccccc2)cc1. The average Bonchev–Trinajstić information content (AvgIpc) is 2.57. The Morgan fingerprint density at radius 2 is 0.955 bits per heavy atom. The second-order valence-corrected chi connectivity index (χ2v) is 5.87. The summed E-state index contributed by atoms with van der Waals surface area (Å²) in [6, 6.07) is 29.9. The molecule has 0 aromatic heterocycles. The molecule has 0 aliphatic heterocycles. The van der Waals surface area contributed by atoms with Gasteiger partial charge >= 0.3 is 8.45 Å². The zero-order chi connectivity index (χ0) is 15.0. The number of hydrogen-bond donors (Lipinski definition) is 2. The molecule has 4 heteroatoms. The Bertz CT molecular complexity index is 579. The number of hydrogen-bond acceptors (Lipinski definition) is 3. The first kappa shape index (κ1) is 14.4. The van der Waals surface area contributed by atoms with Crippen molar-refractivity contribution in [3.8, 4) is 5.75 Å². The van der Waals surface area contributed by atoms with Crippen LogP contribution in [0.25, 0.3) is 0 Å². The summed E-state index contributed by atoms with van der Waals surface area (Å²) >= 11 is 0. The molecule has 3 rings (SSSR count). The van der Waals surface area contributed by atoms with Crippen molar-refractivity contribution in [1.82, 2.24) is 0 Å². The van der Waals surface area contributed by atoms with Crippen molar-refractivity contribution in [3.63, 3.8) is 0 Å². The standard InChI is InChI=1S/C18H17N2OP/c1-4-10-16(11-5-1)19-22(20-17-12-6-2-7-13-17)21-18-14-8-3-9-15-18/h1-15,19-20H. The van der Waals surface area contributed by atoms with E-state index in [1.165, 1.54) is 0 Å². The van der Waals surface area contributed by atoms with E-state index in [9.17, 15) is 0 Å². The normalized spacial score (nSPS) is 10.2. The lowest BCUT2D eigenvalue weighted by molar-refractivity contribution is 0.622. The molecule has 2 N–H and O–H groups in total. The minimum atomic E-state index is -1.09. The number of para-hydroxylation sites is 3. The third-order valence-corrected chi connectivity index (χ3v) is 4.26. The predicted molar refractivity (Wildman–Crippen MR) is 94.1 cm³/mol. The van der Waals surface area contributed by atoms with E-state index in [4.69, 9.17) is 4.52 Å². The maximum atomic E-state index is 6.06. The molecule has 110 valence electrons. The molecule has 0 radical (unpaired) electrons. The first-order valence-corrected chi connectivity index (χ1v) is 8.33. The molecule has 0 heterocycles.